The lowest BCUT2D eigenvalue weighted by atomic mass is 9.99. The van der Waals surface area contributed by atoms with Gasteiger partial charge in [0.1, 0.15) is 0 Å². The largest absolute Gasteiger partial charge is 0.309 e. The standard InChI is InChI=1S/C48H32N2S/c1-3-12-33(13-4-1)34-22-24-35(25-23-34)36-26-31-41-40-16-7-9-19-44(40)50(46(41)32-36)39-29-27-38(28-30-39)49(37-14-5-2-6-15-37)45-20-11-18-43-42-17-8-10-21-47(42)51-48(43)45/h1-32H. The van der Waals surface area contributed by atoms with E-state index in [0.717, 1.165) is 17.1 Å². The van der Waals surface area contributed by atoms with E-state index in [-0.39, 0.29) is 0 Å². The van der Waals surface area contributed by atoms with Crippen molar-refractivity contribution in [3.05, 3.63) is 194 Å². The molecule has 2 aromatic heterocycles. The summed E-state index contributed by atoms with van der Waals surface area (Å²) in [6.45, 7) is 0. The van der Waals surface area contributed by atoms with Gasteiger partial charge in [-0.15, -0.1) is 11.3 Å². The summed E-state index contributed by atoms with van der Waals surface area (Å²) in [4.78, 5) is 2.39. The number of rotatable bonds is 6. The predicted molar refractivity (Wildman–Crippen MR) is 219 cm³/mol. The van der Waals surface area contributed by atoms with E-state index in [1.54, 1.807) is 0 Å². The lowest BCUT2D eigenvalue weighted by Gasteiger charge is -2.26. The molecule has 0 saturated carbocycles. The molecule has 0 unspecified atom stereocenters. The second-order valence-electron chi connectivity index (χ2n) is 13.0. The third-order valence-corrected chi connectivity index (χ3v) is 11.2. The summed E-state index contributed by atoms with van der Waals surface area (Å²) in [5.41, 5.74) is 11.8. The molecule has 8 aromatic carbocycles. The topological polar surface area (TPSA) is 8.17 Å². The Labute approximate surface area is 300 Å². The molecule has 0 fully saturated rings. The van der Waals surface area contributed by atoms with Crippen LogP contribution in [0.5, 0.6) is 0 Å². The number of para-hydroxylation sites is 2. The van der Waals surface area contributed by atoms with Crippen LogP contribution in [-0.2, 0) is 0 Å². The maximum absolute atomic E-state index is 2.41. The molecule has 2 nitrogen and oxygen atoms in total. The molecule has 10 aromatic rings. The van der Waals surface area contributed by atoms with Crippen LogP contribution in [0.25, 0.3) is 69.9 Å². The van der Waals surface area contributed by atoms with Crippen molar-refractivity contribution in [2.45, 2.75) is 0 Å². The van der Waals surface area contributed by atoms with Gasteiger partial charge in [-0.25, -0.2) is 0 Å². The van der Waals surface area contributed by atoms with E-state index in [1.165, 1.54) is 69.9 Å². The highest BCUT2D eigenvalue weighted by Gasteiger charge is 2.19. The molecule has 0 amide bonds. The lowest BCUT2D eigenvalue weighted by molar-refractivity contribution is 1.17. The average molecular weight is 669 g/mol. The third kappa shape index (κ3) is 5.01. The fourth-order valence-electron chi connectivity index (χ4n) is 7.58. The van der Waals surface area contributed by atoms with Crippen LogP contribution in [0, 0.1) is 0 Å². The van der Waals surface area contributed by atoms with Gasteiger partial charge in [0.25, 0.3) is 0 Å². The number of nitrogens with zero attached hydrogens (tertiary/aromatic N) is 2. The van der Waals surface area contributed by atoms with E-state index < -0.39 is 0 Å². The molecule has 2 heterocycles. The van der Waals surface area contributed by atoms with Gasteiger partial charge in [-0.3, -0.25) is 0 Å². The van der Waals surface area contributed by atoms with Gasteiger partial charge in [0, 0.05) is 43.3 Å². The van der Waals surface area contributed by atoms with Crippen LogP contribution in [0.2, 0.25) is 0 Å². The highest BCUT2D eigenvalue weighted by molar-refractivity contribution is 7.26. The van der Waals surface area contributed by atoms with E-state index in [4.69, 9.17) is 0 Å². The number of aromatic nitrogens is 1. The Bertz CT molecular complexity index is 2830. The Morgan fingerprint density at radius 3 is 1.73 bits per heavy atom. The molecule has 0 spiro atoms. The van der Waals surface area contributed by atoms with Gasteiger partial charge in [0.05, 0.1) is 21.4 Å². The second kappa shape index (κ2) is 12.2. The number of hydrogen-bond donors (Lipinski definition) is 0. The zero-order valence-corrected chi connectivity index (χ0v) is 28.6. The Hall–Kier alpha value is -6.42. The minimum Gasteiger partial charge on any atom is -0.309 e. The maximum atomic E-state index is 2.41. The molecule has 0 bridgehead atoms. The normalized spacial score (nSPS) is 11.5. The van der Waals surface area contributed by atoms with Gasteiger partial charge >= 0.3 is 0 Å². The van der Waals surface area contributed by atoms with Crippen molar-refractivity contribution in [1.82, 2.24) is 4.57 Å². The smallest absolute Gasteiger partial charge is 0.0640 e. The SMILES string of the molecule is c1ccc(-c2ccc(-c3ccc4c5ccccc5n(-c5ccc(N(c6ccccc6)c6cccc7c6sc6ccccc67)cc5)c4c3)cc2)cc1. The van der Waals surface area contributed by atoms with Crippen LogP contribution < -0.4 is 4.90 Å². The quantitative estimate of drug-likeness (QED) is 0.171. The Kier molecular flexibility index (Phi) is 7.04. The highest BCUT2D eigenvalue weighted by atomic mass is 32.1. The van der Waals surface area contributed by atoms with Crippen molar-refractivity contribution >= 4 is 70.4 Å². The number of hydrogen-bond acceptors (Lipinski definition) is 2. The number of thiophene rings is 1. The molecule has 0 N–H and O–H groups in total. The number of anilines is 3. The molecular weight excluding hydrogens is 637 g/mol. The van der Waals surface area contributed by atoms with Crippen molar-refractivity contribution in [2.75, 3.05) is 4.90 Å². The molecule has 0 aliphatic heterocycles. The zero-order valence-electron chi connectivity index (χ0n) is 27.8. The number of fused-ring (bicyclic) bond motifs is 6. The molecule has 240 valence electrons. The van der Waals surface area contributed by atoms with E-state index in [1.807, 2.05) is 11.3 Å². The average Bonchev–Trinajstić information content (AvgIpc) is 3.75. The van der Waals surface area contributed by atoms with Crippen molar-refractivity contribution in [2.24, 2.45) is 0 Å². The molecule has 0 aliphatic carbocycles. The van der Waals surface area contributed by atoms with Crippen molar-refractivity contribution in [3.63, 3.8) is 0 Å². The van der Waals surface area contributed by atoms with Gasteiger partial charge in [-0.05, 0) is 82.9 Å². The predicted octanol–water partition coefficient (Wildman–Crippen LogP) is 14.0. The summed E-state index contributed by atoms with van der Waals surface area (Å²) < 4.78 is 5.01. The van der Waals surface area contributed by atoms with Crippen molar-refractivity contribution in [1.29, 1.82) is 0 Å². The summed E-state index contributed by atoms with van der Waals surface area (Å²) in [5.74, 6) is 0. The van der Waals surface area contributed by atoms with E-state index >= 15 is 0 Å². The minimum atomic E-state index is 1.12. The highest BCUT2D eigenvalue weighted by Crippen LogP contribution is 2.45. The zero-order chi connectivity index (χ0) is 33.7. The lowest BCUT2D eigenvalue weighted by Crippen LogP contribution is -2.10. The minimum absolute atomic E-state index is 1.12. The fourth-order valence-corrected chi connectivity index (χ4v) is 8.78. The first-order valence-electron chi connectivity index (χ1n) is 17.4. The third-order valence-electron chi connectivity index (χ3n) is 10.0. The molecule has 10 rings (SSSR count). The van der Waals surface area contributed by atoms with Crippen LogP contribution in [0.15, 0.2) is 194 Å². The summed E-state index contributed by atoms with van der Waals surface area (Å²) in [6.07, 6.45) is 0. The summed E-state index contributed by atoms with van der Waals surface area (Å²) in [7, 11) is 0. The van der Waals surface area contributed by atoms with Crippen LogP contribution in [0.4, 0.5) is 17.1 Å². The second-order valence-corrected chi connectivity index (χ2v) is 14.0. The monoisotopic (exact) mass is 668 g/mol. The molecule has 0 aliphatic rings. The summed E-state index contributed by atoms with van der Waals surface area (Å²) in [6, 6.07) is 70.3. The molecule has 51 heavy (non-hydrogen) atoms. The van der Waals surface area contributed by atoms with Gasteiger partial charge in [0.2, 0.25) is 0 Å². The van der Waals surface area contributed by atoms with E-state index in [9.17, 15) is 0 Å². The first kappa shape index (κ1) is 29.5. The van der Waals surface area contributed by atoms with Gasteiger partial charge in [-0.1, -0.05) is 133 Å². The Morgan fingerprint density at radius 1 is 0.373 bits per heavy atom. The molecule has 3 heteroatoms. The van der Waals surface area contributed by atoms with Gasteiger partial charge in [-0.2, -0.15) is 0 Å². The maximum Gasteiger partial charge on any atom is 0.0640 e. The first-order valence-corrected chi connectivity index (χ1v) is 18.2. The first-order chi connectivity index (χ1) is 25.3. The van der Waals surface area contributed by atoms with E-state index in [0.29, 0.717) is 0 Å². The summed E-state index contributed by atoms with van der Waals surface area (Å²) >= 11 is 1.86. The summed E-state index contributed by atoms with van der Waals surface area (Å²) in [5, 5.41) is 5.11. The fraction of sp³-hybridized carbons (Fsp3) is 0. The van der Waals surface area contributed by atoms with Crippen molar-refractivity contribution < 1.29 is 0 Å². The molecule has 0 radical (unpaired) electrons. The van der Waals surface area contributed by atoms with E-state index in [2.05, 4.69) is 204 Å². The van der Waals surface area contributed by atoms with Gasteiger partial charge < -0.3 is 9.47 Å². The van der Waals surface area contributed by atoms with Crippen LogP contribution >= 0.6 is 11.3 Å². The van der Waals surface area contributed by atoms with Crippen LogP contribution in [0.1, 0.15) is 0 Å². The van der Waals surface area contributed by atoms with Crippen LogP contribution in [0.3, 0.4) is 0 Å². The Morgan fingerprint density at radius 2 is 0.941 bits per heavy atom. The molecule has 0 saturated heterocycles. The molecule has 0 atom stereocenters. The van der Waals surface area contributed by atoms with Crippen molar-refractivity contribution in [3.8, 4) is 27.9 Å². The van der Waals surface area contributed by atoms with Gasteiger partial charge in [0.15, 0.2) is 0 Å². The number of benzene rings is 8. The van der Waals surface area contributed by atoms with Crippen LogP contribution in [-0.4, -0.2) is 4.57 Å². The Balaban J connectivity index is 1.10. The molecular formula is C48H32N2S.